The summed E-state index contributed by atoms with van der Waals surface area (Å²) in [6, 6.07) is 11.2. The van der Waals surface area contributed by atoms with Gasteiger partial charge in [-0.05, 0) is 49.0 Å². The van der Waals surface area contributed by atoms with Crippen LogP contribution in [0.3, 0.4) is 0 Å². The third-order valence-corrected chi connectivity index (χ3v) is 4.83. The van der Waals surface area contributed by atoms with Gasteiger partial charge in [0.25, 0.3) is 0 Å². The van der Waals surface area contributed by atoms with Crippen molar-refractivity contribution in [3.63, 3.8) is 0 Å². The summed E-state index contributed by atoms with van der Waals surface area (Å²) in [6.07, 6.45) is 8.12. The third-order valence-electron chi connectivity index (χ3n) is 4.83. The zero-order valence-corrected chi connectivity index (χ0v) is 10.5. The quantitative estimate of drug-likeness (QED) is 0.841. The van der Waals surface area contributed by atoms with Gasteiger partial charge < -0.3 is 5.73 Å². The van der Waals surface area contributed by atoms with Gasteiger partial charge in [0.2, 0.25) is 0 Å². The largest absolute Gasteiger partial charge is 0.327 e. The molecule has 0 radical (unpaired) electrons. The molecule has 3 atom stereocenters. The van der Waals surface area contributed by atoms with E-state index in [1.807, 2.05) is 0 Å². The summed E-state index contributed by atoms with van der Waals surface area (Å²) in [5.41, 5.74) is 7.82. The number of aryl methyl sites for hydroxylation is 1. The summed E-state index contributed by atoms with van der Waals surface area (Å²) in [4.78, 5) is 0. The van der Waals surface area contributed by atoms with Gasteiger partial charge >= 0.3 is 0 Å². The van der Waals surface area contributed by atoms with Crippen LogP contribution in [0.25, 0.3) is 0 Å². The summed E-state index contributed by atoms with van der Waals surface area (Å²) in [5.74, 6) is 2.85. The van der Waals surface area contributed by atoms with Crippen LogP contribution in [0.5, 0.6) is 0 Å². The smallest absolute Gasteiger partial charge is 0.00758 e. The lowest BCUT2D eigenvalue weighted by atomic mass is 10.0. The maximum Gasteiger partial charge on any atom is 0.00758 e. The maximum atomic E-state index is 6.39. The van der Waals surface area contributed by atoms with Crippen LogP contribution in [0.15, 0.2) is 30.3 Å². The molecule has 0 saturated heterocycles. The van der Waals surface area contributed by atoms with Gasteiger partial charge in [-0.25, -0.2) is 0 Å². The summed E-state index contributed by atoms with van der Waals surface area (Å²) in [6.45, 7) is 0. The maximum absolute atomic E-state index is 6.39. The molecule has 17 heavy (non-hydrogen) atoms. The van der Waals surface area contributed by atoms with Crippen molar-refractivity contribution in [1.29, 1.82) is 0 Å². The minimum absolute atomic E-state index is 0.448. The lowest BCUT2D eigenvalue weighted by Gasteiger charge is -2.11. The zero-order chi connectivity index (χ0) is 11.7. The lowest BCUT2D eigenvalue weighted by Crippen LogP contribution is -2.24. The van der Waals surface area contributed by atoms with Gasteiger partial charge in [0.05, 0.1) is 0 Å². The van der Waals surface area contributed by atoms with Crippen LogP contribution in [-0.2, 0) is 6.42 Å². The topological polar surface area (TPSA) is 26.0 Å². The SMILES string of the molecule is NC(CCc1ccccc1)C1C2CCCCC21. The van der Waals surface area contributed by atoms with E-state index in [1.165, 1.54) is 37.7 Å². The lowest BCUT2D eigenvalue weighted by molar-refractivity contribution is 0.480. The Morgan fingerprint density at radius 3 is 2.35 bits per heavy atom. The highest BCUT2D eigenvalue weighted by atomic mass is 14.7. The molecule has 1 nitrogen and oxygen atoms in total. The molecule has 3 unspecified atom stereocenters. The van der Waals surface area contributed by atoms with Crippen LogP contribution in [0.4, 0.5) is 0 Å². The first-order valence-electron chi connectivity index (χ1n) is 7.16. The fourth-order valence-electron chi connectivity index (χ4n) is 3.85. The number of hydrogen-bond acceptors (Lipinski definition) is 1. The van der Waals surface area contributed by atoms with Crippen LogP contribution >= 0.6 is 0 Å². The zero-order valence-electron chi connectivity index (χ0n) is 10.5. The van der Waals surface area contributed by atoms with E-state index in [-0.39, 0.29) is 0 Å². The van der Waals surface area contributed by atoms with Crippen molar-refractivity contribution < 1.29 is 0 Å². The Balaban J connectivity index is 1.50. The Labute approximate surface area is 104 Å². The normalized spacial score (nSPS) is 32.9. The Kier molecular flexibility index (Phi) is 3.19. The number of benzene rings is 1. The molecule has 1 aromatic carbocycles. The van der Waals surface area contributed by atoms with Gasteiger partial charge in [-0.15, -0.1) is 0 Å². The van der Waals surface area contributed by atoms with Crippen molar-refractivity contribution in [2.24, 2.45) is 23.5 Å². The second-order valence-electron chi connectivity index (χ2n) is 5.88. The van der Waals surface area contributed by atoms with Gasteiger partial charge in [-0.1, -0.05) is 43.2 Å². The van der Waals surface area contributed by atoms with Crippen molar-refractivity contribution in [2.45, 2.75) is 44.6 Å². The summed E-state index contributed by atoms with van der Waals surface area (Å²) >= 11 is 0. The Morgan fingerprint density at radius 2 is 1.71 bits per heavy atom. The highest BCUT2D eigenvalue weighted by Crippen LogP contribution is 2.57. The summed E-state index contributed by atoms with van der Waals surface area (Å²) < 4.78 is 0. The second-order valence-corrected chi connectivity index (χ2v) is 5.88. The molecular weight excluding hydrogens is 206 g/mol. The average molecular weight is 229 g/mol. The van der Waals surface area contributed by atoms with Crippen molar-refractivity contribution >= 4 is 0 Å². The summed E-state index contributed by atoms with van der Waals surface area (Å²) in [7, 11) is 0. The standard InChI is InChI=1S/C16H23N/c17-15(11-10-12-6-2-1-3-7-12)16-13-8-4-5-9-14(13)16/h1-3,6-7,13-16H,4-5,8-11,17H2. The van der Waals surface area contributed by atoms with Crippen molar-refractivity contribution in [3.05, 3.63) is 35.9 Å². The highest BCUT2D eigenvalue weighted by Gasteiger charge is 2.52. The first kappa shape index (κ1) is 11.3. The predicted molar refractivity (Wildman–Crippen MR) is 71.7 cm³/mol. The van der Waals surface area contributed by atoms with Crippen LogP contribution < -0.4 is 5.73 Å². The van der Waals surface area contributed by atoms with Crippen molar-refractivity contribution in [2.75, 3.05) is 0 Å². The van der Waals surface area contributed by atoms with Crippen LogP contribution in [-0.4, -0.2) is 6.04 Å². The Bertz CT molecular complexity index is 347. The molecule has 2 aliphatic rings. The number of nitrogens with two attached hydrogens (primary N) is 1. The average Bonchev–Trinajstić information content (AvgIpc) is 3.11. The molecule has 2 fully saturated rings. The molecule has 2 N–H and O–H groups in total. The Hall–Kier alpha value is -0.820. The molecule has 0 spiro atoms. The van der Waals surface area contributed by atoms with Crippen LogP contribution in [0, 0.1) is 17.8 Å². The molecule has 0 bridgehead atoms. The van der Waals surface area contributed by atoms with E-state index in [4.69, 9.17) is 5.73 Å². The van der Waals surface area contributed by atoms with Crippen LogP contribution in [0.2, 0.25) is 0 Å². The van der Waals surface area contributed by atoms with Gasteiger partial charge in [0.1, 0.15) is 0 Å². The highest BCUT2D eigenvalue weighted by molar-refractivity contribution is 5.15. The van der Waals surface area contributed by atoms with Gasteiger partial charge in [-0.3, -0.25) is 0 Å². The van der Waals surface area contributed by atoms with E-state index in [0.29, 0.717) is 6.04 Å². The number of rotatable bonds is 4. The van der Waals surface area contributed by atoms with E-state index in [9.17, 15) is 0 Å². The van der Waals surface area contributed by atoms with E-state index in [2.05, 4.69) is 30.3 Å². The summed E-state index contributed by atoms with van der Waals surface area (Å²) in [5, 5.41) is 0. The molecule has 92 valence electrons. The van der Waals surface area contributed by atoms with Gasteiger partial charge in [0, 0.05) is 6.04 Å². The van der Waals surface area contributed by atoms with E-state index < -0.39 is 0 Å². The molecule has 0 heterocycles. The predicted octanol–water partition coefficient (Wildman–Crippen LogP) is 3.38. The monoisotopic (exact) mass is 229 g/mol. The van der Waals surface area contributed by atoms with Gasteiger partial charge in [-0.2, -0.15) is 0 Å². The van der Waals surface area contributed by atoms with E-state index in [0.717, 1.165) is 24.2 Å². The fraction of sp³-hybridized carbons (Fsp3) is 0.625. The second kappa shape index (κ2) is 4.81. The number of hydrogen-bond donors (Lipinski definition) is 1. The van der Waals surface area contributed by atoms with E-state index >= 15 is 0 Å². The minimum Gasteiger partial charge on any atom is -0.327 e. The van der Waals surface area contributed by atoms with Crippen molar-refractivity contribution in [1.82, 2.24) is 0 Å². The first-order valence-corrected chi connectivity index (χ1v) is 7.16. The molecule has 2 saturated carbocycles. The van der Waals surface area contributed by atoms with Crippen molar-refractivity contribution in [3.8, 4) is 0 Å². The molecule has 2 aliphatic carbocycles. The molecule has 0 aromatic heterocycles. The van der Waals surface area contributed by atoms with E-state index in [1.54, 1.807) is 0 Å². The molecule has 3 rings (SSSR count). The molecule has 0 aliphatic heterocycles. The number of fused-ring (bicyclic) bond motifs is 1. The molecule has 1 heteroatoms. The molecule has 0 amide bonds. The molecule has 1 aromatic rings. The minimum atomic E-state index is 0.448. The fourth-order valence-corrected chi connectivity index (χ4v) is 3.85. The van der Waals surface area contributed by atoms with Crippen LogP contribution in [0.1, 0.15) is 37.7 Å². The van der Waals surface area contributed by atoms with Gasteiger partial charge in [0.15, 0.2) is 0 Å². The molecular formula is C16H23N. The first-order chi connectivity index (χ1) is 8.36. The third kappa shape index (κ3) is 2.40. The Morgan fingerprint density at radius 1 is 1.06 bits per heavy atom.